The first-order chi connectivity index (χ1) is 14.8. The summed E-state index contributed by atoms with van der Waals surface area (Å²) >= 11 is 0. The number of halogens is 3. The first kappa shape index (κ1) is 21.1. The van der Waals surface area contributed by atoms with E-state index in [0.717, 1.165) is 30.7 Å². The fourth-order valence-corrected chi connectivity index (χ4v) is 3.74. The molecule has 3 aromatic rings. The molecule has 31 heavy (non-hydrogen) atoms. The summed E-state index contributed by atoms with van der Waals surface area (Å²) in [6, 6.07) is 11.7. The number of carbonyl (C=O) groups excluding carboxylic acids is 1. The molecule has 5 nitrogen and oxygen atoms in total. The van der Waals surface area contributed by atoms with E-state index in [1.54, 1.807) is 9.47 Å². The minimum atomic E-state index is -4.51. The molecule has 1 N–H and O–H groups in total. The quantitative estimate of drug-likeness (QED) is 0.620. The Kier molecular flexibility index (Phi) is 5.82. The number of fused-ring (bicyclic) bond motifs is 1. The Morgan fingerprint density at radius 1 is 1.23 bits per heavy atom. The number of nitrogens with one attached hydrogen (secondary N) is 1. The van der Waals surface area contributed by atoms with Crippen molar-refractivity contribution in [1.29, 1.82) is 0 Å². The number of hydrogen-bond acceptors (Lipinski definition) is 3. The monoisotopic (exact) mass is 428 g/mol. The molecular weight excluding hydrogens is 405 g/mol. The number of para-hydroxylation sites is 1. The van der Waals surface area contributed by atoms with Crippen molar-refractivity contribution in [2.45, 2.75) is 32.0 Å². The van der Waals surface area contributed by atoms with E-state index in [1.807, 2.05) is 30.3 Å². The molecule has 2 aromatic carbocycles. The van der Waals surface area contributed by atoms with E-state index in [4.69, 9.17) is 0 Å². The highest BCUT2D eigenvalue weighted by Crippen LogP contribution is 2.34. The maximum Gasteiger partial charge on any atom is 0.416 e. The normalized spacial score (nSPS) is 17.9. The van der Waals surface area contributed by atoms with Crippen LogP contribution in [0.4, 0.5) is 13.2 Å². The van der Waals surface area contributed by atoms with Crippen LogP contribution in [0.25, 0.3) is 22.8 Å². The molecule has 1 aliphatic rings. The fourth-order valence-electron chi connectivity index (χ4n) is 3.74. The van der Waals surface area contributed by atoms with Crippen molar-refractivity contribution in [3.8, 4) is 5.69 Å². The summed E-state index contributed by atoms with van der Waals surface area (Å²) in [5.74, 6) is -0.238. The van der Waals surface area contributed by atoms with Gasteiger partial charge in [0.2, 0.25) is 5.91 Å². The number of amides is 1. The third-order valence-corrected chi connectivity index (χ3v) is 5.45. The topological polar surface area (TPSA) is 50.2 Å². The second kappa shape index (κ2) is 8.55. The number of alkyl halides is 3. The van der Waals surface area contributed by atoms with Crippen LogP contribution >= 0.6 is 0 Å². The Morgan fingerprint density at radius 2 is 2.00 bits per heavy atom. The van der Waals surface area contributed by atoms with Crippen LogP contribution in [0, 0.1) is 0 Å². The first-order valence-corrected chi connectivity index (χ1v) is 10.2. The SMILES string of the molecule is CC1CCCN(C(=O)C=Cc2cc(C(F)(F)F)cc3ncn(-c4ccccc4)c23)CN1. The lowest BCUT2D eigenvalue weighted by molar-refractivity contribution is -0.137. The highest BCUT2D eigenvalue weighted by atomic mass is 19.4. The molecule has 1 fully saturated rings. The second-order valence-corrected chi connectivity index (χ2v) is 7.72. The van der Waals surface area contributed by atoms with Gasteiger partial charge < -0.3 is 4.90 Å². The molecule has 0 aliphatic carbocycles. The van der Waals surface area contributed by atoms with E-state index < -0.39 is 11.7 Å². The smallest absolute Gasteiger partial charge is 0.326 e. The molecule has 0 bridgehead atoms. The van der Waals surface area contributed by atoms with Gasteiger partial charge in [-0.2, -0.15) is 13.2 Å². The van der Waals surface area contributed by atoms with Gasteiger partial charge >= 0.3 is 6.18 Å². The Balaban J connectivity index is 1.74. The molecule has 8 heteroatoms. The molecule has 2 heterocycles. The van der Waals surface area contributed by atoms with Crippen molar-refractivity contribution >= 4 is 23.0 Å². The lowest BCUT2D eigenvalue weighted by atomic mass is 10.1. The maximum absolute atomic E-state index is 13.5. The number of hydrogen-bond donors (Lipinski definition) is 1. The van der Waals surface area contributed by atoms with Crippen molar-refractivity contribution in [2.24, 2.45) is 0 Å². The van der Waals surface area contributed by atoms with Gasteiger partial charge in [0.1, 0.15) is 6.33 Å². The lowest BCUT2D eigenvalue weighted by Gasteiger charge is -2.19. The third kappa shape index (κ3) is 4.64. The fraction of sp³-hybridized carbons (Fsp3) is 0.304. The predicted molar refractivity (Wildman–Crippen MR) is 114 cm³/mol. The van der Waals surface area contributed by atoms with Crippen molar-refractivity contribution in [3.63, 3.8) is 0 Å². The summed E-state index contributed by atoms with van der Waals surface area (Å²) < 4.78 is 42.1. The largest absolute Gasteiger partial charge is 0.416 e. The molecule has 1 aliphatic heterocycles. The number of imidazole rings is 1. The van der Waals surface area contributed by atoms with Crippen LogP contribution in [-0.2, 0) is 11.0 Å². The number of rotatable bonds is 3. The van der Waals surface area contributed by atoms with Gasteiger partial charge in [-0.25, -0.2) is 4.98 Å². The van der Waals surface area contributed by atoms with E-state index in [2.05, 4.69) is 17.2 Å². The van der Waals surface area contributed by atoms with Gasteiger partial charge in [0.25, 0.3) is 0 Å². The van der Waals surface area contributed by atoms with Crippen LogP contribution in [-0.4, -0.2) is 39.6 Å². The molecule has 0 spiro atoms. The van der Waals surface area contributed by atoms with E-state index in [9.17, 15) is 18.0 Å². The summed E-state index contributed by atoms with van der Waals surface area (Å²) in [4.78, 5) is 18.6. The molecule has 1 atom stereocenters. The molecule has 1 unspecified atom stereocenters. The van der Waals surface area contributed by atoms with Crippen molar-refractivity contribution in [1.82, 2.24) is 19.8 Å². The van der Waals surface area contributed by atoms with Crippen LogP contribution in [0.15, 0.2) is 54.9 Å². The minimum absolute atomic E-state index is 0.219. The molecule has 0 radical (unpaired) electrons. The average Bonchev–Trinajstić information content (AvgIpc) is 3.06. The van der Waals surface area contributed by atoms with E-state index >= 15 is 0 Å². The highest BCUT2D eigenvalue weighted by Gasteiger charge is 2.32. The zero-order valence-corrected chi connectivity index (χ0v) is 17.1. The van der Waals surface area contributed by atoms with Crippen molar-refractivity contribution < 1.29 is 18.0 Å². The standard InChI is InChI=1S/C23H23F3N4O/c1-16-6-5-11-29(14-27-16)21(31)10-9-17-12-18(23(24,25)26)13-20-22(17)30(15-28-20)19-7-3-2-4-8-19/h2-4,7-10,12-13,15-16,27H,5-6,11,14H2,1H3. The average molecular weight is 428 g/mol. The lowest BCUT2D eigenvalue weighted by Crippen LogP contribution is -2.38. The van der Waals surface area contributed by atoms with Gasteiger partial charge in [-0.3, -0.25) is 14.7 Å². The molecule has 4 rings (SSSR count). The van der Waals surface area contributed by atoms with E-state index in [1.165, 1.54) is 18.5 Å². The van der Waals surface area contributed by atoms with Crippen LogP contribution < -0.4 is 5.32 Å². The second-order valence-electron chi connectivity index (χ2n) is 7.72. The van der Waals surface area contributed by atoms with Crippen molar-refractivity contribution in [3.05, 3.63) is 66.0 Å². The molecular formula is C23H23F3N4O. The zero-order valence-electron chi connectivity index (χ0n) is 17.1. The predicted octanol–water partition coefficient (Wildman–Crippen LogP) is 4.62. The number of aromatic nitrogens is 2. The summed E-state index contributed by atoms with van der Waals surface area (Å²) in [5.41, 5.74) is 1.00. The molecule has 1 aromatic heterocycles. The molecule has 1 saturated heterocycles. The van der Waals surface area contributed by atoms with E-state index in [-0.39, 0.29) is 17.0 Å². The van der Waals surface area contributed by atoms with Gasteiger partial charge in [-0.05, 0) is 50.1 Å². The number of nitrogens with zero attached hydrogens (tertiary/aromatic N) is 3. The minimum Gasteiger partial charge on any atom is -0.326 e. The van der Waals surface area contributed by atoms with Crippen LogP contribution in [0.2, 0.25) is 0 Å². The maximum atomic E-state index is 13.5. The van der Waals surface area contributed by atoms with Crippen LogP contribution in [0.1, 0.15) is 30.9 Å². The van der Waals surface area contributed by atoms with Gasteiger partial charge in [0.15, 0.2) is 0 Å². The molecule has 1 amide bonds. The Bertz CT molecular complexity index is 1110. The van der Waals surface area contributed by atoms with Gasteiger partial charge in [-0.1, -0.05) is 18.2 Å². The van der Waals surface area contributed by atoms with Crippen molar-refractivity contribution in [2.75, 3.05) is 13.2 Å². The zero-order chi connectivity index (χ0) is 22.0. The number of benzene rings is 2. The summed E-state index contributed by atoms with van der Waals surface area (Å²) in [6.45, 7) is 3.10. The van der Waals surface area contributed by atoms with Crippen LogP contribution in [0.3, 0.4) is 0 Å². The molecule has 0 saturated carbocycles. The summed E-state index contributed by atoms with van der Waals surface area (Å²) in [7, 11) is 0. The Morgan fingerprint density at radius 3 is 2.74 bits per heavy atom. The summed E-state index contributed by atoms with van der Waals surface area (Å²) in [5, 5.41) is 3.27. The first-order valence-electron chi connectivity index (χ1n) is 10.2. The van der Waals surface area contributed by atoms with Crippen LogP contribution in [0.5, 0.6) is 0 Å². The number of carbonyl (C=O) groups is 1. The Labute approximate surface area is 178 Å². The third-order valence-electron chi connectivity index (χ3n) is 5.45. The molecule has 162 valence electrons. The summed E-state index contributed by atoms with van der Waals surface area (Å²) in [6.07, 6.45) is 1.63. The van der Waals surface area contributed by atoms with Gasteiger partial charge in [-0.15, -0.1) is 0 Å². The van der Waals surface area contributed by atoms with E-state index in [0.29, 0.717) is 24.8 Å². The highest BCUT2D eigenvalue weighted by molar-refractivity contribution is 5.95. The van der Waals surface area contributed by atoms with Gasteiger partial charge in [0.05, 0.1) is 23.3 Å². The van der Waals surface area contributed by atoms with Gasteiger partial charge in [0, 0.05) is 29.9 Å². The Hall–Kier alpha value is -3.13.